The molecule has 6 nitrogen and oxygen atoms in total. The average molecular weight is 316 g/mol. The Labute approximate surface area is 135 Å². The van der Waals surface area contributed by atoms with Crippen LogP contribution in [-0.2, 0) is 14.3 Å². The van der Waals surface area contributed by atoms with E-state index in [0.717, 1.165) is 24.3 Å². The Hall–Kier alpha value is -2.34. The number of amides is 2. The number of nitrogens with one attached hydrogen (secondary N) is 1. The van der Waals surface area contributed by atoms with Crippen LogP contribution in [0.15, 0.2) is 30.3 Å². The molecule has 1 saturated heterocycles. The van der Waals surface area contributed by atoms with Crippen molar-refractivity contribution in [3.05, 3.63) is 35.9 Å². The second-order valence-electron chi connectivity index (χ2n) is 5.65. The van der Waals surface area contributed by atoms with Gasteiger partial charge in [-0.1, -0.05) is 18.2 Å². The van der Waals surface area contributed by atoms with Crippen LogP contribution in [0, 0.1) is 0 Å². The smallest absolute Gasteiger partial charge is 0.414 e. The fourth-order valence-electron chi connectivity index (χ4n) is 2.74. The summed E-state index contributed by atoms with van der Waals surface area (Å²) in [5.41, 5.74) is 3.23. The van der Waals surface area contributed by atoms with E-state index >= 15 is 0 Å². The van der Waals surface area contributed by atoms with E-state index in [1.807, 2.05) is 24.3 Å². The lowest BCUT2D eigenvalue weighted by Crippen LogP contribution is -2.33. The average Bonchev–Trinajstić information content (AvgIpc) is 2.95. The third-order valence-electron chi connectivity index (χ3n) is 3.97. The van der Waals surface area contributed by atoms with E-state index in [9.17, 15) is 9.59 Å². The van der Waals surface area contributed by atoms with Gasteiger partial charge >= 0.3 is 6.09 Å². The van der Waals surface area contributed by atoms with Gasteiger partial charge in [0.1, 0.15) is 6.10 Å². The molecule has 1 fully saturated rings. The number of ether oxygens (including phenoxy) is 2. The van der Waals surface area contributed by atoms with Crippen molar-refractivity contribution in [2.75, 3.05) is 31.2 Å². The van der Waals surface area contributed by atoms with E-state index in [0.29, 0.717) is 19.7 Å². The van der Waals surface area contributed by atoms with Gasteiger partial charge in [0.05, 0.1) is 26.3 Å². The van der Waals surface area contributed by atoms with E-state index in [1.165, 1.54) is 12.5 Å². The number of anilines is 1. The maximum atomic E-state index is 12.0. The molecule has 2 amide bonds. The second kappa shape index (κ2) is 6.83. The van der Waals surface area contributed by atoms with Crippen molar-refractivity contribution in [2.45, 2.75) is 19.4 Å². The van der Waals surface area contributed by atoms with Gasteiger partial charge < -0.3 is 14.8 Å². The van der Waals surface area contributed by atoms with Gasteiger partial charge in [-0.15, -0.1) is 0 Å². The van der Waals surface area contributed by atoms with E-state index in [1.54, 1.807) is 4.90 Å². The highest BCUT2D eigenvalue weighted by molar-refractivity contribution is 5.90. The minimum atomic E-state index is -0.376. The van der Waals surface area contributed by atoms with Gasteiger partial charge in [-0.3, -0.25) is 9.69 Å². The summed E-state index contributed by atoms with van der Waals surface area (Å²) in [5, 5.41) is 2.67. The van der Waals surface area contributed by atoms with Crippen molar-refractivity contribution in [3.8, 4) is 0 Å². The van der Waals surface area contributed by atoms with Gasteiger partial charge in [-0.2, -0.15) is 0 Å². The van der Waals surface area contributed by atoms with Crippen LogP contribution in [0.25, 0.3) is 5.57 Å². The van der Waals surface area contributed by atoms with Gasteiger partial charge in [-0.25, -0.2) is 4.79 Å². The summed E-state index contributed by atoms with van der Waals surface area (Å²) in [6.07, 6.45) is 2.30. The molecular weight excluding hydrogens is 296 g/mol. The zero-order valence-corrected chi connectivity index (χ0v) is 13.1. The highest BCUT2D eigenvalue weighted by Crippen LogP contribution is 2.26. The molecule has 1 atom stereocenters. The van der Waals surface area contributed by atoms with Crippen LogP contribution in [0.3, 0.4) is 0 Å². The second-order valence-corrected chi connectivity index (χ2v) is 5.65. The van der Waals surface area contributed by atoms with Crippen LogP contribution in [0.1, 0.15) is 18.9 Å². The Balaban J connectivity index is 1.66. The Morgan fingerprint density at radius 1 is 1.35 bits per heavy atom. The van der Waals surface area contributed by atoms with Crippen molar-refractivity contribution >= 4 is 23.3 Å². The summed E-state index contributed by atoms with van der Waals surface area (Å²) in [6, 6.07) is 7.88. The molecule has 0 radical (unpaired) electrons. The van der Waals surface area contributed by atoms with E-state index in [4.69, 9.17) is 9.47 Å². The minimum absolute atomic E-state index is 0.131. The Morgan fingerprint density at radius 2 is 2.13 bits per heavy atom. The zero-order chi connectivity index (χ0) is 16.2. The standard InChI is InChI=1S/C17H20N2O4/c1-12(20)18-10-16-11-19(17(21)23-16)15-4-2-13(3-5-15)14-6-8-22-9-7-14/h2-6,16H,7-11H2,1H3,(H,18,20). The predicted molar refractivity (Wildman–Crippen MR) is 86.2 cm³/mol. The molecule has 2 aliphatic rings. The molecule has 2 heterocycles. The first-order chi connectivity index (χ1) is 11.1. The van der Waals surface area contributed by atoms with Crippen LogP contribution < -0.4 is 10.2 Å². The molecule has 0 spiro atoms. The quantitative estimate of drug-likeness (QED) is 0.922. The van der Waals surface area contributed by atoms with Crippen LogP contribution in [0.5, 0.6) is 0 Å². The predicted octanol–water partition coefficient (Wildman–Crippen LogP) is 1.95. The number of cyclic esters (lactones) is 1. The summed E-state index contributed by atoms with van der Waals surface area (Å²) < 4.78 is 10.6. The molecule has 2 aliphatic heterocycles. The molecule has 1 unspecified atom stereocenters. The molecule has 3 rings (SSSR count). The van der Waals surface area contributed by atoms with Gasteiger partial charge in [0, 0.05) is 12.6 Å². The SMILES string of the molecule is CC(=O)NCC1CN(c2ccc(C3=CCOCC3)cc2)C(=O)O1. The molecule has 1 aromatic rings. The first-order valence-electron chi connectivity index (χ1n) is 7.73. The Bertz CT molecular complexity index is 624. The maximum absolute atomic E-state index is 12.0. The summed E-state index contributed by atoms with van der Waals surface area (Å²) in [5.74, 6) is -0.131. The summed E-state index contributed by atoms with van der Waals surface area (Å²) in [6.45, 7) is 3.62. The van der Waals surface area contributed by atoms with Gasteiger partial charge in [0.15, 0.2) is 0 Å². The molecule has 122 valence electrons. The largest absolute Gasteiger partial charge is 0.442 e. The fraction of sp³-hybridized carbons (Fsp3) is 0.412. The number of carbonyl (C=O) groups is 2. The first kappa shape index (κ1) is 15.6. The lowest BCUT2D eigenvalue weighted by atomic mass is 10.0. The van der Waals surface area contributed by atoms with Crippen molar-refractivity contribution in [2.24, 2.45) is 0 Å². The molecular formula is C17H20N2O4. The van der Waals surface area contributed by atoms with Crippen molar-refractivity contribution in [3.63, 3.8) is 0 Å². The molecule has 0 bridgehead atoms. The molecule has 6 heteroatoms. The third kappa shape index (κ3) is 3.71. The lowest BCUT2D eigenvalue weighted by molar-refractivity contribution is -0.119. The lowest BCUT2D eigenvalue weighted by Gasteiger charge is -2.16. The number of rotatable bonds is 4. The Kier molecular flexibility index (Phi) is 4.62. The summed E-state index contributed by atoms with van der Waals surface area (Å²) in [4.78, 5) is 24.5. The molecule has 0 aromatic heterocycles. The summed E-state index contributed by atoms with van der Waals surface area (Å²) in [7, 11) is 0. The van der Waals surface area contributed by atoms with Gasteiger partial charge in [-0.05, 0) is 29.7 Å². The molecule has 0 aliphatic carbocycles. The number of benzene rings is 1. The fourth-order valence-corrected chi connectivity index (χ4v) is 2.74. The number of hydrogen-bond donors (Lipinski definition) is 1. The van der Waals surface area contributed by atoms with Crippen LogP contribution in [0.2, 0.25) is 0 Å². The Morgan fingerprint density at radius 3 is 2.78 bits per heavy atom. The molecule has 1 aromatic carbocycles. The highest BCUT2D eigenvalue weighted by atomic mass is 16.6. The normalized spacial score (nSPS) is 20.9. The molecule has 1 N–H and O–H groups in total. The van der Waals surface area contributed by atoms with Crippen molar-refractivity contribution in [1.29, 1.82) is 0 Å². The zero-order valence-electron chi connectivity index (χ0n) is 13.1. The number of carbonyl (C=O) groups excluding carboxylic acids is 2. The maximum Gasteiger partial charge on any atom is 0.414 e. The van der Waals surface area contributed by atoms with Gasteiger partial charge in [0.2, 0.25) is 5.91 Å². The monoisotopic (exact) mass is 316 g/mol. The van der Waals surface area contributed by atoms with E-state index < -0.39 is 0 Å². The highest BCUT2D eigenvalue weighted by Gasteiger charge is 2.32. The van der Waals surface area contributed by atoms with Crippen LogP contribution in [-0.4, -0.2) is 44.4 Å². The van der Waals surface area contributed by atoms with Crippen LogP contribution >= 0.6 is 0 Å². The van der Waals surface area contributed by atoms with Crippen molar-refractivity contribution < 1.29 is 19.1 Å². The van der Waals surface area contributed by atoms with Crippen molar-refractivity contribution in [1.82, 2.24) is 5.32 Å². The first-order valence-corrected chi connectivity index (χ1v) is 7.73. The van der Waals surface area contributed by atoms with Crippen LogP contribution in [0.4, 0.5) is 10.5 Å². The number of hydrogen-bond acceptors (Lipinski definition) is 4. The topological polar surface area (TPSA) is 67.9 Å². The number of nitrogens with zero attached hydrogens (tertiary/aromatic N) is 1. The third-order valence-corrected chi connectivity index (χ3v) is 3.97. The van der Waals surface area contributed by atoms with Gasteiger partial charge in [0.25, 0.3) is 0 Å². The minimum Gasteiger partial charge on any atom is -0.442 e. The molecule has 23 heavy (non-hydrogen) atoms. The summed E-state index contributed by atoms with van der Waals surface area (Å²) >= 11 is 0. The van der Waals surface area contributed by atoms with E-state index in [2.05, 4.69) is 11.4 Å². The molecule has 0 saturated carbocycles. The van der Waals surface area contributed by atoms with E-state index in [-0.39, 0.29) is 18.1 Å².